The number of halogens is 3. The van der Waals surface area contributed by atoms with E-state index in [9.17, 15) is 18.8 Å². The maximum absolute atomic E-state index is 16.7. The second-order valence-electron chi connectivity index (χ2n) is 12.9. The molecule has 0 aliphatic carbocycles. The Morgan fingerprint density at radius 3 is 2.78 bits per heavy atom. The highest BCUT2D eigenvalue weighted by Crippen LogP contribution is 2.41. The summed E-state index contributed by atoms with van der Waals surface area (Å²) in [6.45, 7) is 2.19. The Morgan fingerprint density at radius 1 is 1.12 bits per heavy atom. The Balaban J connectivity index is 1.13. The highest BCUT2D eigenvalue weighted by atomic mass is 19.1. The molecule has 3 fully saturated rings. The molecule has 0 radical (unpaired) electrons. The van der Waals surface area contributed by atoms with Gasteiger partial charge in [0.2, 0.25) is 0 Å². The SMILES string of the molecule is N#Cc1cccc2[nH]cc(-c3ncc4c(N5CCN(C(=O)/C(F)=C/c6ccccn6)CC5)nc(OC[C@@]56CCCN5CC(F)C6)nc4c3F)c12. The van der Waals surface area contributed by atoms with Gasteiger partial charge < -0.3 is 19.5 Å². The number of piperazine rings is 1. The molecule has 3 saturated heterocycles. The molecule has 14 heteroatoms. The third kappa shape index (κ3) is 5.57. The van der Waals surface area contributed by atoms with Crippen LogP contribution in [0.5, 0.6) is 6.01 Å². The average molecular weight is 680 g/mol. The van der Waals surface area contributed by atoms with Crippen molar-refractivity contribution in [3.8, 4) is 23.3 Å². The van der Waals surface area contributed by atoms with Crippen LogP contribution in [0.25, 0.3) is 39.1 Å². The van der Waals surface area contributed by atoms with Crippen LogP contribution in [0.2, 0.25) is 0 Å². The van der Waals surface area contributed by atoms with Gasteiger partial charge in [0.05, 0.1) is 28.3 Å². The number of fused-ring (bicyclic) bond motifs is 3. The van der Waals surface area contributed by atoms with Gasteiger partial charge in [0.15, 0.2) is 11.6 Å². The van der Waals surface area contributed by atoms with Crippen LogP contribution < -0.4 is 9.64 Å². The first-order chi connectivity index (χ1) is 24.3. The zero-order valence-electron chi connectivity index (χ0n) is 27.0. The molecule has 1 amide bonds. The van der Waals surface area contributed by atoms with Crippen molar-refractivity contribution in [2.24, 2.45) is 0 Å². The number of hydrogen-bond acceptors (Lipinski definition) is 9. The molecule has 3 aliphatic heterocycles. The van der Waals surface area contributed by atoms with Crippen LogP contribution in [0.3, 0.4) is 0 Å². The summed E-state index contributed by atoms with van der Waals surface area (Å²) in [6, 6.07) is 12.3. The predicted molar refractivity (Wildman–Crippen MR) is 180 cm³/mol. The second-order valence-corrected chi connectivity index (χ2v) is 12.9. The van der Waals surface area contributed by atoms with Gasteiger partial charge >= 0.3 is 6.01 Å². The lowest BCUT2D eigenvalue weighted by Crippen LogP contribution is -2.49. The van der Waals surface area contributed by atoms with E-state index in [1.807, 2.05) is 4.90 Å². The quantitative estimate of drug-likeness (QED) is 0.231. The molecule has 50 heavy (non-hydrogen) atoms. The van der Waals surface area contributed by atoms with Crippen molar-refractivity contribution >= 4 is 39.6 Å². The summed E-state index contributed by atoms with van der Waals surface area (Å²) in [6.07, 6.45) is 6.84. The summed E-state index contributed by atoms with van der Waals surface area (Å²) in [5, 5.41) is 10.6. The lowest BCUT2D eigenvalue weighted by Gasteiger charge is -2.35. The highest BCUT2D eigenvalue weighted by molar-refractivity contribution is 6.01. The number of alkyl halides is 1. The van der Waals surface area contributed by atoms with Crippen molar-refractivity contribution in [2.75, 3.05) is 50.8 Å². The molecule has 0 spiro atoms. The van der Waals surface area contributed by atoms with Crippen molar-refractivity contribution in [3.05, 3.63) is 77.9 Å². The number of pyridine rings is 2. The van der Waals surface area contributed by atoms with Crippen LogP contribution in [0.4, 0.5) is 19.0 Å². The minimum absolute atomic E-state index is 0.00394. The van der Waals surface area contributed by atoms with Crippen molar-refractivity contribution in [2.45, 2.75) is 31.0 Å². The number of ether oxygens (including phenoxy) is 1. The molecule has 1 N–H and O–H groups in total. The molecule has 1 aromatic carbocycles. The Labute approximate surface area is 285 Å². The van der Waals surface area contributed by atoms with Crippen LogP contribution in [0.15, 0.2) is 60.8 Å². The third-order valence-corrected chi connectivity index (χ3v) is 9.99. The monoisotopic (exact) mass is 679 g/mol. The van der Waals surface area contributed by atoms with Gasteiger partial charge in [-0.15, -0.1) is 0 Å². The molecule has 0 saturated carbocycles. The lowest BCUT2D eigenvalue weighted by atomic mass is 9.95. The molecular weight excluding hydrogens is 647 g/mol. The Bertz CT molecular complexity index is 2180. The molecule has 8 rings (SSSR count). The molecular formula is C36H32F3N9O2. The topological polar surface area (TPSA) is 127 Å². The van der Waals surface area contributed by atoms with E-state index < -0.39 is 29.3 Å². The van der Waals surface area contributed by atoms with E-state index in [2.05, 4.69) is 30.9 Å². The number of carbonyl (C=O) groups is 1. The van der Waals surface area contributed by atoms with Gasteiger partial charge in [0.1, 0.15) is 29.8 Å². The number of benzene rings is 1. The van der Waals surface area contributed by atoms with Crippen LogP contribution in [-0.4, -0.2) is 98.2 Å². The van der Waals surface area contributed by atoms with Gasteiger partial charge in [-0.3, -0.25) is 19.7 Å². The first-order valence-electron chi connectivity index (χ1n) is 16.5. The minimum atomic E-state index is -0.949. The molecule has 3 aliphatic rings. The number of aromatic amines is 1. The number of nitrogens with one attached hydrogen (secondary N) is 1. The number of amides is 1. The molecule has 4 aromatic heterocycles. The number of aromatic nitrogens is 5. The van der Waals surface area contributed by atoms with Gasteiger partial charge in [0.25, 0.3) is 5.91 Å². The summed E-state index contributed by atoms with van der Waals surface area (Å²) >= 11 is 0. The first-order valence-corrected chi connectivity index (χ1v) is 16.5. The average Bonchev–Trinajstić information content (AvgIpc) is 3.83. The zero-order chi connectivity index (χ0) is 34.4. The molecule has 11 nitrogen and oxygen atoms in total. The van der Waals surface area contributed by atoms with Crippen LogP contribution >= 0.6 is 0 Å². The smallest absolute Gasteiger partial charge is 0.319 e. The maximum atomic E-state index is 16.7. The molecule has 7 heterocycles. The summed E-state index contributed by atoms with van der Waals surface area (Å²) in [5.41, 5.74) is 1.27. The molecule has 1 unspecified atom stereocenters. The van der Waals surface area contributed by atoms with Crippen LogP contribution in [-0.2, 0) is 4.79 Å². The number of nitriles is 1. The second kappa shape index (κ2) is 12.7. The molecule has 0 bridgehead atoms. The summed E-state index contributed by atoms with van der Waals surface area (Å²) < 4.78 is 52.3. The lowest BCUT2D eigenvalue weighted by molar-refractivity contribution is -0.128. The number of H-pyrrole nitrogens is 1. The van der Waals surface area contributed by atoms with Crippen molar-refractivity contribution < 1.29 is 22.7 Å². The number of nitrogens with zero attached hydrogens (tertiary/aromatic N) is 8. The molecule has 254 valence electrons. The standard InChI is InChI=1S/C36H32F3N9O2/c37-23-16-36(8-4-10-48(36)20-23)21-50-35-44-32-26(19-43-31(30(32)39)25-18-42-28-7-3-5-22(17-40)29(25)28)33(45-35)46-11-13-47(14-12-46)34(49)27(38)15-24-6-1-2-9-41-24/h1-3,5-7,9,15,18-19,23,42H,4,8,10-14,16,20-21H2/b27-15-/t23?,36-/m0/s1. The van der Waals surface area contributed by atoms with Crippen molar-refractivity contribution in [1.29, 1.82) is 5.26 Å². The number of hydrogen-bond donors (Lipinski definition) is 1. The first kappa shape index (κ1) is 31.7. The van der Waals surface area contributed by atoms with Gasteiger partial charge in [-0.1, -0.05) is 12.1 Å². The largest absolute Gasteiger partial charge is 0.461 e. The van der Waals surface area contributed by atoms with E-state index >= 15 is 4.39 Å². The Morgan fingerprint density at radius 2 is 1.98 bits per heavy atom. The fourth-order valence-electron chi connectivity index (χ4n) is 7.55. The minimum Gasteiger partial charge on any atom is -0.461 e. The van der Waals surface area contributed by atoms with Crippen LogP contribution in [0, 0.1) is 17.1 Å². The van der Waals surface area contributed by atoms with Crippen molar-refractivity contribution in [1.82, 2.24) is 34.7 Å². The van der Waals surface area contributed by atoms with E-state index in [4.69, 9.17) is 9.72 Å². The van der Waals surface area contributed by atoms with E-state index in [-0.39, 0.29) is 50.0 Å². The number of carbonyl (C=O) groups excluding carboxylic acids is 1. The fraction of sp³-hybridized carbons (Fsp3) is 0.333. The summed E-state index contributed by atoms with van der Waals surface area (Å²) in [7, 11) is 0. The van der Waals surface area contributed by atoms with E-state index in [0.717, 1.165) is 25.5 Å². The van der Waals surface area contributed by atoms with E-state index in [0.29, 0.717) is 51.9 Å². The maximum Gasteiger partial charge on any atom is 0.319 e. The van der Waals surface area contributed by atoms with Gasteiger partial charge in [0, 0.05) is 80.3 Å². The Hall–Kier alpha value is -5.55. The Kier molecular flexibility index (Phi) is 8.07. The summed E-state index contributed by atoms with van der Waals surface area (Å²) in [5.74, 6) is -2.03. The third-order valence-electron chi connectivity index (χ3n) is 9.99. The fourth-order valence-corrected chi connectivity index (χ4v) is 7.55. The van der Waals surface area contributed by atoms with Gasteiger partial charge in [-0.25, -0.2) is 13.2 Å². The van der Waals surface area contributed by atoms with E-state index in [1.165, 1.54) is 17.3 Å². The van der Waals surface area contributed by atoms with Crippen LogP contribution in [0.1, 0.15) is 30.5 Å². The predicted octanol–water partition coefficient (Wildman–Crippen LogP) is 5.19. The number of anilines is 1. The number of rotatable bonds is 7. The highest BCUT2D eigenvalue weighted by Gasteiger charge is 2.49. The zero-order valence-corrected chi connectivity index (χ0v) is 27.0. The molecule has 2 atom stereocenters. The summed E-state index contributed by atoms with van der Waals surface area (Å²) in [4.78, 5) is 39.2. The van der Waals surface area contributed by atoms with E-state index in [1.54, 1.807) is 42.6 Å². The normalized spacial score (nSPS) is 21.2. The molecule has 5 aromatic rings. The van der Waals surface area contributed by atoms with Gasteiger partial charge in [-0.2, -0.15) is 15.2 Å². The van der Waals surface area contributed by atoms with Crippen molar-refractivity contribution in [3.63, 3.8) is 0 Å². The van der Waals surface area contributed by atoms with Gasteiger partial charge in [-0.05, 0) is 43.7 Å².